The van der Waals surface area contributed by atoms with Gasteiger partial charge in [0.1, 0.15) is 0 Å². The van der Waals surface area contributed by atoms with Gasteiger partial charge in [-0.1, -0.05) is 13.8 Å². The summed E-state index contributed by atoms with van der Waals surface area (Å²) in [4.78, 5) is 12.2. The molecule has 2 N–H and O–H groups in total. The molecule has 20 heavy (non-hydrogen) atoms. The summed E-state index contributed by atoms with van der Waals surface area (Å²) in [5.41, 5.74) is -2.24. The molecular weight excluding hydrogens is 269 g/mol. The average molecular weight is 292 g/mol. The Morgan fingerprint density at radius 1 is 1.30 bits per heavy atom. The van der Waals surface area contributed by atoms with Gasteiger partial charge in [0.25, 0.3) is 0 Å². The highest BCUT2D eigenvalue weighted by atomic mass is 19.4. The zero-order chi connectivity index (χ0) is 15.0. The SMILES string of the molecule is CC1CCC(NC(=O)C2(C(F)(F)F)CCNC2)C(C)C1. The third-order valence-electron chi connectivity index (χ3n) is 4.88. The van der Waals surface area contributed by atoms with E-state index < -0.39 is 17.5 Å². The molecular formula is C14H23F3N2O. The highest BCUT2D eigenvalue weighted by molar-refractivity contribution is 5.84. The molecule has 1 heterocycles. The van der Waals surface area contributed by atoms with Crippen molar-refractivity contribution in [3.63, 3.8) is 0 Å². The molecule has 0 bridgehead atoms. The second-order valence-corrected chi connectivity index (χ2v) is 6.48. The maximum Gasteiger partial charge on any atom is 0.404 e. The third kappa shape index (κ3) is 2.80. The second kappa shape index (κ2) is 5.54. The van der Waals surface area contributed by atoms with Gasteiger partial charge in [0.15, 0.2) is 5.41 Å². The monoisotopic (exact) mass is 292 g/mol. The van der Waals surface area contributed by atoms with Crippen LogP contribution in [-0.4, -0.2) is 31.2 Å². The molecule has 1 aliphatic carbocycles. The minimum absolute atomic E-state index is 0.126. The van der Waals surface area contributed by atoms with Gasteiger partial charge in [0.2, 0.25) is 5.91 Å². The minimum Gasteiger partial charge on any atom is -0.352 e. The van der Waals surface area contributed by atoms with Crippen LogP contribution in [-0.2, 0) is 4.79 Å². The lowest BCUT2D eigenvalue weighted by Crippen LogP contribution is -2.56. The summed E-state index contributed by atoms with van der Waals surface area (Å²) in [5.74, 6) is -0.0216. The van der Waals surface area contributed by atoms with E-state index in [4.69, 9.17) is 0 Å². The van der Waals surface area contributed by atoms with Gasteiger partial charge >= 0.3 is 6.18 Å². The summed E-state index contributed by atoms with van der Waals surface area (Å²) in [5, 5.41) is 5.35. The highest BCUT2D eigenvalue weighted by Gasteiger charge is 2.61. The summed E-state index contributed by atoms with van der Waals surface area (Å²) < 4.78 is 39.8. The van der Waals surface area contributed by atoms with Crippen LogP contribution in [0.4, 0.5) is 13.2 Å². The predicted molar refractivity (Wildman–Crippen MR) is 70.1 cm³/mol. The maximum absolute atomic E-state index is 13.3. The van der Waals surface area contributed by atoms with Gasteiger partial charge in [-0.15, -0.1) is 0 Å². The first kappa shape index (κ1) is 15.6. The van der Waals surface area contributed by atoms with Gasteiger partial charge in [-0.05, 0) is 44.1 Å². The Bertz CT molecular complexity index is 364. The van der Waals surface area contributed by atoms with Crippen LogP contribution < -0.4 is 10.6 Å². The van der Waals surface area contributed by atoms with Gasteiger partial charge in [0, 0.05) is 12.6 Å². The van der Waals surface area contributed by atoms with Crippen molar-refractivity contribution in [2.45, 2.75) is 51.7 Å². The fourth-order valence-electron chi connectivity index (χ4n) is 3.44. The number of amides is 1. The van der Waals surface area contributed by atoms with Crippen molar-refractivity contribution >= 4 is 5.91 Å². The number of alkyl halides is 3. The standard InChI is InChI=1S/C14H23F3N2O/c1-9-3-4-11(10(2)7-9)19-12(20)13(14(15,16)17)5-6-18-8-13/h9-11,18H,3-8H2,1-2H3,(H,19,20). The Labute approximate surface area is 117 Å². The first-order chi connectivity index (χ1) is 9.26. The summed E-state index contributed by atoms with van der Waals surface area (Å²) in [7, 11) is 0. The van der Waals surface area contributed by atoms with Crippen LogP contribution in [0.5, 0.6) is 0 Å². The van der Waals surface area contributed by atoms with E-state index in [0.29, 0.717) is 5.92 Å². The first-order valence-corrected chi connectivity index (χ1v) is 7.34. The van der Waals surface area contributed by atoms with Crippen LogP contribution in [0.2, 0.25) is 0 Å². The lowest BCUT2D eigenvalue weighted by Gasteiger charge is -2.37. The molecule has 2 aliphatic rings. The normalized spacial score (nSPS) is 38.8. The summed E-state index contributed by atoms with van der Waals surface area (Å²) in [6.45, 7) is 4.09. The molecule has 2 fully saturated rings. The van der Waals surface area contributed by atoms with Crippen molar-refractivity contribution in [2.75, 3.05) is 13.1 Å². The Kier molecular flexibility index (Phi) is 4.33. The molecule has 116 valence electrons. The van der Waals surface area contributed by atoms with Crippen molar-refractivity contribution in [3.05, 3.63) is 0 Å². The van der Waals surface area contributed by atoms with Crippen LogP contribution in [0, 0.1) is 17.3 Å². The van der Waals surface area contributed by atoms with Crippen molar-refractivity contribution < 1.29 is 18.0 Å². The quantitative estimate of drug-likeness (QED) is 0.821. The number of hydrogen-bond donors (Lipinski definition) is 2. The van der Waals surface area contributed by atoms with E-state index in [1.54, 1.807) is 0 Å². The van der Waals surface area contributed by atoms with E-state index in [9.17, 15) is 18.0 Å². The van der Waals surface area contributed by atoms with E-state index in [0.717, 1.165) is 19.3 Å². The summed E-state index contributed by atoms with van der Waals surface area (Å²) >= 11 is 0. The van der Waals surface area contributed by atoms with Gasteiger partial charge in [0.05, 0.1) is 0 Å². The number of hydrogen-bond acceptors (Lipinski definition) is 2. The topological polar surface area (TPSA) is 41.1 Å². The number of carbonyl (C=O) groups excluding carboxylic acids is 1. The molecule has 4 unspecified atom stereocenters. The smallest absolute Gasteiger partial charge is 0.352 e. The van der Waals surface area contributed by atoms with E-state index in [1.807, 2.05) is 6.92 Å². The second-order valence-electron chi connectivity index (χ2n) is 6.48. The Balaban J connectivity index is 2.06. The van der Waals surface area contributed by atoms with Gasteiger partial charge in [-0.2, -0.15) is 13.2 Å². The van der Waals surface area contributed by atoms with E-state index in [-0.39, 0.29) is 31.5 Å². The number of halogens is 3. The van der Waals surface area contributed by atoms with Gasteiger partial charge in [-0.3, -0.25) is 4.79 Å². The number of nitrogens with one attached hydrogen (secondary N) is 2. The summed E-state index contributed by atoms with van der Waals surface area (Å²) in [6.07, 6.45) is -1.96. The Hall–Kier alpha value is -0.780. The summed E-state index contributed by atoms with van der Waals surface area (Å²) in [6, 6.07) is -0.126. The molecule has 1 saturated heterocycles. The van der Waals surface area contributed by atoms with Crippen LogP contribution >= 0.6 is 0 Å². The largest absolute Gasteiger partial charge is 0.404 e. The highest BCUT2D eigenvalue weighted by Crippen LogP contribution is 2.43. The predicted octanol–water partition coefficient (Wildman–Crippen LogP) is 2.47. The van der Waals surface area contributed by atoms with E-state index >= 15 is 0 Å². The molecule has 0 aromatic rings. The lowest BCUT2D eigenvalue weighted by molar-refractivity contribution is -0.216. The van der Waals surface area contributed by atoms with Crippen molar-refractivity contribution in [2.24, 2.45) is 17.3 Å². The molecule has 1 saturated carbocycles. The maximum atomic E-state index is 13.3. The fourth-order valence-corrected chi connectivity index (χ4v) is 3.44. The Morgan fingerprint density at radius 2 is 2.00 bits per heavy atom. The molecule has 6 heteroatoms. The molecule has 2 rings (SSSR count). The third-order valence-corrected chi connectivity index (χ3v) is 4.88. The first-order valence-electron chi connectivity index (χ1n) is 7.34. The van der Waals surface area contributed by atoms with Crippen LogP contribution in [0.3, 0.4) is 0 Å². The van der Waals surface area contributed by atoms with Crippen molar-refractivity contribution in [3.8, 4) is 0 Å². The molecule has 3 nitrogen and oxygen atoms in total. The fraction of sp³-hybridized carbons (Fsp3) is 0.929. The molecule has 0 aromatic heterocycles. The van der Waals surface area contributed by atoms with E-state index in [2.05, 4.69) is 17.6 Å². The molecule has 0 aromatic carbocycles. The molecule has 0 spiro atoms. The minimum atomic E-state index is -4.49. The zero-order valence-corrected chi connectivity index (χ0v) is 12.0. The zero-order valence-electron chi connectivity index (χ0n) is 12.0. The Morgan fingerprint density at radius 3 is 2.50 bits per heavy atom. The van der Waals surface area contributed by atoms with Crippen LogP contribution in [0.25, 0.3) is 0 Å². The number of rotatable bonds is 2. The number of carbonyl (C=O) groups is 1. The van der Waals surface area contributed by atoms with Gasteiger partial charge < -0.3 is 10.6 Å². The van der Waals surface area contributed by atoms with Crippen LogP contribution in [0.15, 0.2) is 0 Å². The van der Waals surface area contributed by atoms with Crippen molar-refractivity contribution in [1.29, 1.82) is 0 Å². The molecule has 4 atom stereocenters. The molecule has 0 radical (unpaired) electrons. The molecule has 1 amide bonds. The van der Waals surface area contributed by atoms with E-state index in [1.165, 1.54) is 0 Å². The van der Waals surface area contributed by atoms with Crippen LogP contribution in [0.1, 0.15) is 39.5 Å². The average Bonchev–Trinajstić information content (AvgIpc) is 2.82. The van der Waals surface area contributed by atoms with Crippen molar-refractivity contribution in [1.82, 2.24) is 10.6 Å². The lowest BCUT2D eigenvalue weighted by atomic mass is 9.78. The molecule has 1 aliphatic heterocycles. The van der Waals surface area contributed by atoms with Gasteiger partial charge in [-0.25, -0.2) is 0 Å².